The Bertz CT molecular complexity index is 645. The SMILES string of the molecule is CCN1CCCC1CNC(=NC)NCC(=O)N1CCCc2ccccc21. The Labute approximate surface area is 156 Å². The topological polar surface area (TPSA) is 60.0 Å². The lowest BCUT2D eigenvalue weighted by Gasteiger charge is -2.30. The van der Waals surface area contributed by atoms with Crippen molar-refractivity contribution in [2.75, 3.05) is 44.7 Å². The number of amides is 1. The maximum Gasteiger partial charge on any atom is 0.246 e. The second-order valence-corrected chi connectivity index (χ2v) is 7.01. The van der Waals surface area contributed by atoms with Gasteiger partial charge in [-0.25, -0.2) is 0 Å². The molecule has 0 aromatic heterocycles. The predicted octanol–water partition coefficient (Wildman–Crippen LogP) is 1.62. The highest BCUT2D eigenvalue weighted by molar-refractivity contribution is 5.98. The normalized spacial score (nSPS) is 20.8. The molecule has 0 radical (unpaired) electrons. The molecule has 2 N–H and O–H groups in total. The Morgan fingerprint density at radius 2 is 2.08 bits per heavy atom. The first-order valence-electron chi connectivity index (χ1n) is 9.79. The molecule has 1 atom stereocenters. The molecule has 6 heteroatoms. The van der Waals surface area contributed by atoms with Crippen LogP contribution in [0.3, 0.4) is 0 Å². The van der Waals surface area contributed by atoms with E-state index < -0.39 is 0 Å². The molecule has 2 heterocycles. The molecule has 3 rings (SSSR count). The number of hydrogen-bond acceptors (Lipinski definition) is 3. The first-order valence-corrected chi connectivity index (χ1v) is 9.79. The van der Waals surface area contributed by atoms with Crippen LogP contribution >= 0.6 is 0 Å². The van der Waals surface area contributed by atoms with Gasteiger partial charge in [-0.05, 0) is 50.4 Å². The van der Waals surface area contributed by atoms with Gasteiger partial charge in [-0.3, -0.25) is 14.7 Å². The van der Waals surface area contributed by atoms with Gasteiger partial charge in [0.15, 0.2) is 5.96 Å². The molecule has 0 bridgehead atoms. The van der Waals surface area contributed by atoms with Gasteiger partial charge in [-0.2, -0.15) is 0 Å². The number of para-hydroxylation sites is 1. The van der Waals surface area contributed by atoms with E-state index >= 15 is 0 Å². The summed E-state index contributed by atoms with van der Waals surface area (Å²) in [7, 11) is 1.75. The quantitative estimate of drug-likeness (QED) is 0.621. The summed E-state index contributed by atoms with van der Waals surface area (Å²) in [4.78, 5) is 21.4. The number of guanidine groups is 1. The number of anilines is 1. The maximum absolute atomic E-state index is 12.7. The van der Waals surface area contributed by atoms with Crippen molar-refractivity contribution in [3.8, 4) is 0 Å². The summed E-state index contributed by atoms with van der Waals surface area (Å²) in [6, 6.07) is 8.75. The van der Waals surface area contributed by atoms with Crippen molar-refractivity contribution in [3.63, 3.8) is 0 Å². The summed E-state index contributed by atoms with van der Waals surface area (Å²) in [5.74, 6) is 0.794. The van der Waals surface area contributed by atoms with E-state index in [1.54, 1.807) is 7.05 Å². The molecule has 1 aromatic rings. The number of likely N-dealkylation sites (N-methyl/N-ethyl adjacent to an activating group) is 1. The summed E-state index contributed by atoms with van der Waals surface area (Å²) in [5, 5.41) is 6.56. The Kier molecular flexibility index (Phi) is 6.50. The first kappa shape index (κ1) is 18.7. The number of aliphatic imine (C=N–C) groups is 1. The Morgan fingerprint density at radius 1 is 1.23 bits per heavy atom. The third-order valence-corrected chi connectivity index (χ3v) is 5.45. The van der Waals surface area contributed by atoms with Gasteiger partial charge in [0.05, 0.1) is 6.54 Å². The maximum atomic E-state index is 12.7. The molecule has 0 spiro atoms. The third kappa shape index (κ3) is 4.36. The van der Waals surface area contributed by atoms with E-state index in [0.717, 1.165) is 38.2 Å². The van der Waals surface area contributed by atoms with Crippen molar-refractivity contribution in [3.05, 3.63) is 29.8 Å². The molecule has 1 amide bonds. The van der Waals surface area contributed by atoms with Crippen LogP contribution in [0, 0.1) is 0 Å². The standard InChI is InChI=1S/C20H31N5O/c1-3-24-12-7-10-17(24)14-22-20(21-2)23-15-19(26)25-13-6-9-16-8-4-5-11-18(16)25/h4-5,8,11,17H,3,6-7,9-10,12-15H2,1-2H3,(H2,21,22,23). The Morgan fingerprint density at radius 3 is 2.88 bits per heavy atom. The first-order chi connectivity index (χ1) is 12.7. The third-order valence-electron chi connectivity index (χ3n) is 5.45. The smallest absolute Gasteiger partial charge is 0.246 e. The van der Waals surface area contributed by atoms with Crippen LogP contribution in [-0.4, -0.2) is 62.6 Å². The van der Waals surface area contributed by atoms with E-state index in [1.807, 2.05) is 23.1 Å². The van der Waals surface area contributed by atoms with Crippen LogP contribution in [0.2, 0.25) is 0 Å². The lowest BCUT2D eigenvalue weighted by molar-refractivity contribution is -0.117. The Balaban J connectivity index is 1.50. The van der Waals surface area contributed by atoms with Crippen LogP contribution in [0.1, 0.15) is 31.7 Å². The van der Waals surface area contributed by atoms with Gasteiger partial charge < -0.3 is 15.5 Å². The number of fused-ring (bicyclic) bond motifs is 1. The average molecular weight is 358 g/mol. The van der Waals surface area contributed by atoms with Gasteiger partial charge in [0.1, 0.15) is 0 Å². The van der Waals surface area contributed by atoms with E-state index in [2.05, 4.69) is 33.5 Å². The van der Waals surface area contributed by atoms with Gasteiger partial charge in [0.2, 0.25) is 5.91 Å². The molecule has 0 saturated carbocycles. The number of aryl methyl sites for hydroxylation is 1. The molecule has 1 unspecified atom stereocenters. The summed E-state index contributed by atoms with van der Waals surface area (Å²) in [6.45, 7) is 6.40. The summed E-state index contributed by atoms with van der Waals surface area (Å²) >= 11 is 0. The average Bonchev–Trinajstić information content (AvgIpc) is 3.15. The minimum absolute atomic E-state index is 0.0937. The second kappa shape index (κ2) is 9.03. The summed E-state index contributed by atoms with van der Waals surface area (Å²) < 4.78 is 0. The fraction of sp³-hybridized carbons (Fsp3) is 0.600. The van der Waals surface area contributed by atoms with Gasteiger partial charge >= 0.3 is 0 Å². The van der Waals surface area contributed by atoms with Gasteiger partial charge in [-0.15, -0.1) is 0 Å². The molecule has 26 heavy (non-hydrogen) atoms. The van der Waals surface area contributed by atoms with Crippen LogP contribution in [-0.2, 0) is 11.2 Å². The van der Waals surface area contributed by atoms with Gasteiger partial charge in [0, 0.05) is 31.9 Å². The van der Waals surface area contributed by atoms with E-state index in [9.17, 15) is 4.79 Å². The largest absolute Gasteiger partial charge is 0.355 e. The molecule has 6 nitrogen and oxygen atoms in total. The van der Waals surface area contributed by atoms with Crippen molar-refractivity contribution >= 4 is 17.6 Å². The number of nitrogens with zero attached hydrogens (tertiary/aromatic N) is 3. The second-order valence-electron chi connectivity index (χ2n) is 7.01. The van der Waals surface area contributed by atoms with Crippen LogP contribution in [0.15, 0.2) is 29.3 Å². The minimum Gasteiger partial charge on any atom is -0.355 e. The van der Waals surface area contributed by atoms with Crippen molar-refractivity contribution in [1.29, 1.82) is 0 Å². The van der Waals surface area contributed by atoms with Gasteiger partial charge in [-0.1, -0.05) is 25.1 Å². The monoisotopic (exact) mass is 357 g/mol. The predicted molar refractivity (Wildman–Crippen MR) is 107 cm³/mol. The molecule has 2 aliphatic rings. The van der Waals surface area contributed by atoms with Crippen molar-refractivity contribution in [2.24, 2.45) is 4.99 Å². The summed E-state index contributed by atoms with van der Waals surface area (Å²) in [6.07, 6.45) is 4.55. The number of nitrogens with one attached hydrogen (secondary N) is 2. The van der Waals surface area contributed by atoms with Crippen LogP contribution in [0.4, 0.5) is 5.69 Å². The van der Waals surface area contributed by atoms with Gasteiger partial charge in [0.25, 0.3) is 0 Å². The molecule has 1 aromatic carbocycles. The lowest BCUT2D eigenvalue weighted by Crippen LogP contribution is -2.48. The van der Waals surface area contributed by atoms with E-state index in [1.165, 1.54) is 24.9 Å². The van der Waals surface area contributed by atoms with Crippen molar-refractivity contribution in [2.45, 2.75) is 38.6 Å². The minimum atomic E-state index is 0.0937. The number of carbonyl (C=O) groups excluding carboxylic acids is 1. The molecule has 142 valence electrons. The van der Waals surface area contributed by atoms with Crippen LogP contribution in [0.5, 0.6) is 0 Å². The molecule has 2 aliphatic heterocycles. The number of benzene rings is 1. The zero-order chi connectivity index (χ0) is 18.4. The number of carbonyl (C=O) groups is 1. The van der Waals surface area contributed by atoms with Crippen molar-refractivity contribution < 1.29 is 4.79 Å². The number of rotatable bonds is 5. The Hall–Kier alpha value is -2.08. The zero-order valence-corrected chi connectivity index (χ0v) is 16.0. The fourth-order valence-corrected chi connectivity index (χ4v) is 4.03. The molecular formula is C20H31N5O. The molecule has 0 aliphatic carbocycles. The highest BCUT2D eigenvalue weighted by Crippen LogP contribution is 2.26. The molecular weight excluding hydrogens is 326 g/mol. The summed E-state index contributed by atoms with van der Waals surface area (Å²) in [5.41, 5.74) is 2.31. The van der Waals surface area contributed by atoms with Crippen LogP contribution in [0.25, 0.3) is 0 Å². The van der Waals surface area contributed by atoms with E-state index in [-0.39, 0.29) is 12.5 Å². The fourth-order valence-electron chi connectivity index (χ4n) is 4.03. The molecule has 1 saturated heterocycles. The van der Waals surface area contributed by atoms with Crippen LogP contribution < -0.4 is 15.5 Å². The van der Waals surface area contributed by atoms with Crippen molar-refractivity contribution in [1.82, 2.24) is 15.5 Å². The number of hydrogen-bond donors (Lipinski definition) is 2. The highest BCUT2D eigenvalue weighted by atomic mass is 16.2. The number of likely N-dealkylation sites (tertiary alicyclic amines) is 1. The lowest BCUT2D eigenvalue weighted by atomic mass is 10.0. The molecule has 1 fully saturated rings. The van der Waals surface area contributed by atoms with E-state index in [4.69, 9.17) is 0 Å². The van der Waals surface area contributed by atoms with E-state index in [0.29, 0.717) is 12.0 Å². The highest BCUT2D eigenvalue weighted by Gasteiger charge is 2.24. The zero-order valence-electron chi connectivity index (χ0n) is 16.0.